The molecule has 3 unspecified atom stereocenters. The fraction of sp³-hybridized carbons (Fsp3) is 0.733. The van der Waals surface area contributed by atoms with E-state index in [0.717, 1.165) is 0 Å². The number of nitrogens with one attached hydrogen (secondary N) is 1. The summed E-state index contributed by atoms with van der Waals surface area (Å²) in [5.41, 5.74) is 0. The van der Waals surface area contributed by atoms with Crippen LogP contribution in [0.5, 0.6) is 0 Å². The summed E-state index contributed by atoms with van der Waals surface area (Å²) in [6.07, 6.45) is -0.184. The van der Waals surface area contributed by atoms with Crippen LogP contribution in [-0.4, -0.2) is 34.6 Å². The summed E-state index contributed by atoms with van der Waals surface area (Å²) < 4.78 is 0. The molecule has 6 heteroatoms. The number of carbonyl (C=O) groups is 4. The van der Waals surface area contributed by atoms with Gasteiger partial charge in [0.25, 0.3) is 0 Å². The minimum Gasteiger partial charge on any atom is -0.392 e. The highest BCUT2D eigenvalue weighted by Gasteiger charge is 2.44. The first-order valence-corrected chi connectivity index (χ1v) is 7.37. The SMILES string of the molecule is CC1CC(C)C(=O)C(C(O)CC2CC(=O)NC(=O)C2)C1=O. The van der Waals surface area contributed by atoms with E-state index in [4.69, 9.17) is 0 Å². The molecule has 3 atom stereocenters. The van der Waals surface area contributed by atoms with Crippen LogP contribution in [0, 0.1) is 23.7 Å². The second kappa shape index (κ2) is 6.05. The first kappa shape index (κ1) is 15.8. The van der Waals surface area contributed by atoms with Crippen molar-refractivity contribution in [2.75, 3.05) is 0 Å². The molecule has 2 fully saturated rings. The number of ketones is 2. The maximum atomic E-state index is 12.2. The first-order chi connectivity index (χ1) is 9.79. The number of hydrogen-bond donors (Lipinski definition) is 2. The largest absolute Gasteiger partial charge is 0.392 e. The number of rotatable bonds is 3. The van der Waals surface area contributed by atoms with Gasteiger partial charge in [-0.1, -0.05) is 13.8 Å². The van der Waals surface area contributed by atoms with Gasteiger partial charge in [-0.15, -0.1) is 0 Å². The molecular formula is C15H21NO5. The average molecular weight is 295 g/mol. The zero-order valence-electron chi connectivity index (χ0n) is 12.3. The molecule has 1 saturated heterocycles. The van der Waals surface area contributed by atoms with Gasteiger partial charge in [-0.05, 0) is 18.8 Å². The molecule has 0 aromatic rings. The van der Waals surface area contributed by atoms with Crippen LogP contribution in [-0.2, 0) is 19.2 Å². The lowest BCUT2D eigenvalue weighted by Crippen LogP contribution is -2.47. The Hall–Kier alpha value is -1.56. The Bertz CT molecular complexity index is 450. The summed E-state index contributed by atoms with van der Waals surface area (Å²) in [6.45, 7) is 3.53. The highest BCUT2D eigenvalue weighted by Crippen LogP contribution is 2.32. The van der Waals surface area contributed by atoms with Crippen LogP contribution in [0.3, 0.4) is 0 Å². The highest BCUT2D eigenvalue weighted by molar-refractivity contribution is 6.06. The second-order valence-electron chi connectivity index (χ2n) is 6.37. The quantitative estimate of drug-likeness (QED) is 0.573. The molecule has 0 bridgehead atoms. The number of aliphatic hydroxyl groups is 1. The lowest BCUT2D eigenvalue weighted by atomic mass is 9.71. The van der Waals surface area contributed by atoms with Crippen molar-refractivity contribution in [2.24, 2.45) is 23.7 Å². The number of piperidine rings is 1. The smallest absolute Gasteiger partial charge is 0.226 e. The van der Waals surface area contributed by atoms with E-state index in [-0.39, 0.29) is 60.4 Å². The van der Waals surface area contributed by atoms with Crippen LogP contribution in [0.25, 0.3) is 0 Å². The Morgan fingerprint density at radius 2 is 1.52 bits per heavy atom. The molecule has 2 rings (SSSR count). The van der Waals surface area contributed by atoms with Crippen LogP contribution >= 0.6 is 0 Å². The first-order valence-electron chi connectivity index (χ1n) is 7.37. The van der Waals surface area contributed by atoms with E-state index in [1.165, 1.54) is 0 Å². The molecule has 0 aromatic carbocycles. The maximum absolute atomic E-state index is 12.2. The van der Waals surface area contributed by atoms with Crippen molar-refractivity contribution in [1.82, 2.24) is 5.32 Å². The van der Waals surface area contributed by atoms with Gasteiger partial charge in [0.15, 0.2) is 0 Å². The van der Waals surface area contributed by atoms with E-state index < -0.39 is 12.0 Å². The number of amides is 2. The van der Waals surface area contributed by atoms with Crippen molar-refractivity contribution < 1.29 is 24.3 Å². The zero-order chi connectivity index (χ0) is 15.7. The molecule has 6 nitrogen and oxygen atoms in total. The molecule has 0 spiro atoms. The van der Waals surface area contributed by atoms with E-state index in [2.05, 4.69) is 5.32 Å². The third-order valence-corrected chi connectivity index (χ3v) is 4.48. The third-order valence-electron chi connectivity index (χ3n) is 4.48. The van der Waals surface area contributed by atoms with Crippen LogP contribution in [0.4, 0.5) is 0 Å². The van der Waals surface area contributed by atoms with E-state index in [9.17, 15) is 24.3 Å². The lowest BCUT2D eigenvalue weighted by molar-refractivity contribution is -0.147. The highest BCUT2D eigenvalue weighted by atomic mass is 16.3. The van der Waals surface area contributed by atoms with Crippen molar-refractivity contribution in [2.45, 2.75) is 45.6 Å². The van der Waals surface area contributed by atoms with Gasteiger partial charge in [-0.3, -0.25) is 24.5 Å². The standard InChI is InChI=1S/C15H21NO5/c1-7-3-8(2)15(21)13(14(7)20)10(17)4-9-5-11(18)16-12(19)6-9/h7-10,13,17H,3-6H2,1-2H3,(H,16,18,19). The number of Topliss-reactive ketones (excluding diaryl/α,β-unsaturated/α-hetero) is 2. The molecule has 21 heavy (non-hydrogen) atoms. The van der Waals surface area contributed by atoms with Crippen LogP contribution in [0.2, 0.25) is 0 Å². The molecule has 0 aromatic heterocycles. The topological polar surface area (TPSA) is 101 Å². The third kappa shape index (κ3) is 3.37. The summed E-state index contributed by atoms with van der Waals surface area (Å²) in [6, 6.07) is 0. The Morgan fingerprint density at radius 1 is 1.05 bits per heavy atom. The van der Waals surface area contributed by atoms with Crippen LogP contribution < -0.4 is 5.32 Å². The molecule has 2 amide bonds. The monoisotopic (exact) mass is 295 g/mol. The van der Waals surface area contributed by atoms with Crippen molar-refractivity contribution in [3.05, 3.63) is 0 Å². The van der Waals surface area contributed by atoms with Crippen molar-refractivity contribution in [3.8, 4) is 0 Å². The molecule has 1 heterocycles. The average Bonchev–Trinajstić information content (AvgIpc) is 2.35. The molecule has 2 N–H and O–H groups in total. The van der Waals surface area contributed by atoms with Gasteiger partial charge in [0, 0.05) is 24.7 Å². The molecule has 1 saturated carbocycles. The number of aliphatic hydroxyl groups excluding tert-OH is 1. The molecule has 1 aliphatic carbocycles. The predicted octanol–water partition coefficient (Wildman–Crippen LogP) is 0.221. The van der Waals surface area contributed by atoms with E-state index >= 15 is 0 Å². The second-order valence-corrected chi connectivity index (χ2v) is 6.37. The minimum atomic E-state index is -1.11. The Labute approximate surface area is 123 Å². The summed E-state index contributed by atoms with van der Waals surface area (Å²) >= 11 is 0. The summed E-state index contributed by atoms with van der Waals surface area (Å²) in [4.78, 5) is 47.0. The fourth-order valence-corrected chi connectivity index (χ4v) is 3.39. The van der Waals surface area contributed by atoms with Gasteiger partial charge in [-0.25, -0.2) is 0 Å². The number of imide groups is 1. The summed E-state index contributed by atoms with van der Waals surface area (Å²) in [5, 5.41) is 12.5. The number of hydrogen-bond acceptors (Lipinski definition) is 5. The Morgan fingerprint density at radius 3 is 2.00 bits per heavy atom. The summed E-state index contributed by atoms with van der Waals surface area (Å²) in [7, 11) is 0. The Kier molecular flexibility index (Phi) is 4.56. The van der Waals surface area contributed by atoms with Gasteiger partial charge in [0.1, 0.15) is 17.5 Å². The van der Waals surface area contributed by atoms with Gasteiger partial charge in [-0.2, -0.15) is 0 Å². The summed E-state index contributed by atoms with van der Waals surface area (Å²) in [5.74, 6) is -2.99. The van der Waals surface area contributed by atoms with Crippen LogP contribution in [0.1, 0.15) is 39.5 Å². The zero-order valence-corrected chi connectivity index (χ0v) is 12.3. The van der Waals surface area contributed by atoms with E-state index in [1.807, 2.05) is 0 Å². The van der Waals surface area contributed by atoms with Crippen molar-refractivity contribution in [1.29, 1.82) is 0 Å². The predicted molar refractivity (Wildman–Crippen MR) is 72.9 cm³/mol. The van der Waals surface area contributed by atoms with Gasteiger partial charge in [0.05, 0.1) is 6.10 Å². The lowest BCUT2D eigenvalue weighted by Gasteiger charge is -2.33. The molecule has 116 valence electrons. The Balaban J connectivity index is 2.06. The molecule has 0 radical (unpaired) electrons. The van der Waals surface area contributed by atoms with Crippen LogP contribution in [0.15, 0.2) is 0 Å². The van der Waals surface area contributed by atoms with E-state index in [1.54, 1.807) is 13.8 Å². The normalized spacial score (nSPS) is 33.0. The van der Waals surface area contributed by atoms with Gasteiger partial charge < -0.3 is 5.11 Å². The molecular weight excluding hydrogens is 274 g/mol. The molecule has 1 aliphatic heterocycles. The van der Waals surface area contributed by atoms with E-state index in [0.29, 0.717) is 6.42 Å². The minimum absolute atomic E-state index is 0.126. The maximum Gasteiger partial charge on any atom is 0.226 e. The van der Waals surface area contributed by atoms with Crippen molar-refractivity contribution in [3.63, 3.8) is 0 Å². The van der Waals surface area contributed by atoms with Crippen molar-refractivity contribution >= 4 is 23.4 Å². The van der Waals surface area contributed by atoms with Gasteiger partial charge >= 0.3 is 0 Å². The number of carbonyl (C=O) groups excluding carboxylic acids is 4. The van der Waals surface area contributed by atoms with Gasteiger partial charge in [0.2, 0.25) is 11.8 Å². The molecule has 2 aliphatic rings. The fourth-order valence-electron chi connectivity index (χ4n) is 3.39.